The van der Waals surface area contributed by atoms with Gasteiger partial charge in [0.25, 0.3) is 0 Å². The van der Waals surface area contributed by atoms with Gasteiger partial charge in [-0.05, 0) is 37.4 Å². The zero-order valence-corrected chi connectivity index (χ0v) is 18.8. The second-order valence-corrected chi connectivity index (χ2v) is 8.62. The Labute approximate surface area is 192 Å². The summed E-state index contributed by atoms with van der Waals surface area (Å²) in [6.45, 7) is 3.62. The zero-order valence-electron chi connectivity index (χ0n) is 17.2. The Morgan fingerprint density at radius 2 is 2.09 bits per heavy atom. The molecule has 0 bridgehead atoms. The number of rotatable bonds is 7. The molecule has 1 aromatic carbocycles. The molecule has 2 aromatic rings. The van der Waals surface area contributed by atoms with Gasteiger partial charge < -0.3 is 15.4 Å². The number of allylic oxidation sites excluding steroid dienone is 2. The average molecular weight is 476 g/mol. The quantitative estimate of drug-likeness (QED) is 0.566. The summed E-state index contributed by atoms with van der Waals surface area (Å²) in [5, 5.41) is 17.7. The Morgan fingerprint density at radius 3 is 2.72 bits per heavy atom. The van der Waals surface area contributed by atoms with Crippen molar-refractivity contribution in [1.82, 2.24) is 5.32 Å². The fourth-order valence-electron chi connectivity index (χ4n) is 3.15. The minimum Gasteiger partial charge on any atom is -0.463 e. The van der Waals surface area contributed by atoms with Crippen LogP contribution in [0.4, 0.5) is 14.5 Å². The second kappa shape index (κ2) is 10.4. The van der Waals surface area contributed by atoms with E-state index in [0.717, 1.165) is 28.8 Å². The van der Waals surface area contributed by atoms with E-state index in [9.17, 15) is 23.6 Å². The first kappa shape index (κ1) is 23.5. The third-order valence-electron chi connectivity index (χ3n) is 4.52. The molecule has 0 aliphatic carbocycles. The number of halogens is 2. The minimum atomic E-state index is -1.06. The van der Waals surface area contributed by atoms with Crippen molar-refractivity contribution in [3.05, 3.63) is 74.1 Å². The van der Waals surface area contributed by atoms with Gasteiger partial charge >= 0.3 is 5.97 Å². The average Bonchev–Trinajstić information content (AvgIpc) is 3.29. The molecule has 0 saturated heterocycles. The number of hydrogen-bond acceptors (Lipinski definition) is 7. The van der Waals surface area contributed by atoms with E-state index in [1.807, 2.05) is 17.5 Å². The number of dihydropyridines is 1. The van der Waals surface area contributed by atoms with Crippen LogP contribution in [0.5, 0.6) is 0 Å². The molecule has 2 N–H and O–H groups in total. The highest BCUT2D eigenvalue weighted by Crippen LogP contribution is 2.42. The van der Waals surface area contributed by atoms with Crippen molar-refractivity contribution < 1.29 is 23.1 Å². The summed E-state index contributed by atoms with van der Waals surface area (Å²) < 4.78 is 31.6. The maximum absolute atomic E-state index is 13.4. The third kappa shape index (κ3) is 5.18. The van der Waals surface area contributed by atoms with E-state index in [4.69, 9.17) is 4.74 Å². The summed E-state index contributed by atoms with van der Waals surface area (Å²) in [6.07, 6.45) is 0. The molecule has 2 heterocycles. The van der Waals surface area contributed by atoms with Crippen LogP contribution in [0, 0.1) is 23.0 Å². The number of nitriles is 1. The molecule has 0 fully saturated rings. The van der Waals surface area contributed by atoms with Gasteiger partial charge in [0.15, 0.2) is 11.6 Å². The fourth-order valence-corrected chi connectivity index (χ4v) is 4.89. The van der Waals surface area contributed by atoms with Gasteiger partial charge in [-0.15, -0.1) is 11.3 Å². The first-order valence-electron chi connectivity index (χ1n) is 9.56. The molecule has 0 saturated carbocycles. The van der Waals surface area contributed by atoms with Crippen LogP contribution in [0.1, 0.15) is 24.6 Å². The van der Waals surface area contributed by atoms with E-state index >= 15 is 0 Å². The number of nitrogens with zero attached hydrogens (tertiary/aromatic N) is 1. The number of nitrogens with one attached hydrogen (secondary N) is 2. The predicted molar refractivity (Wildman–Crippen MR) is 120 cm³/mol. The lowest BCUT2D eigenvalue weighted by atomic mass is 9.87. The van der Waals surface area contributed by atoms with Crippen molar-refractivity contribution in [1.29, 1.82) is 5.26 Å². The second-order valence-electron chi connectivity index (χ2n) is 6.65. The molecule has 0 unspecified atom stereocenters. The Bertz CT molecular complexity index is 1140. The van der Waals surface area contributed by atoms with Gasteiger partial charge in [-0.1, -0.05) is 17.8 Å². The van der Waals surface area contributed by atoms with Crippen molar-refractivity contribution in [2.45, 2.75) is 19.8 Å². The number of anilines is 1. The third-order valence-corrected chi connectivity index (χ3v) is 6.48. The molecular formula is C22H19F2N3O3S2. The van der Waals surface area contributed by atoms with E-state index in [1.54, 1.807) is 13.8 Å². The van der Waals surface area contributed by atoms with Crippen LogP contribution >= 0.6 is 23.1 Å². The lowest BCUT2D eigenvalue weighted by Gasteiger charge is -2.28. The van der Waals surface area contributed by atoms with Crippen LogP contribution in [0.25, 0.3) is 0 Å². The van der Waals surface area contributed by atoms with Gasteiger partial charge in [0, 0.05) is 22.3 Å². The van der Waals surface area contributed by atoms with E-state index < -0.39 is 29.4 Å². The normalized spacial score (nSPS) is 15.8. The highest BCUT2D eigenvalue weighted by atomic mass is 32.2. The summed E-state index contributed by atoms with van der Waals surface area (Å²) in [6, 6.07) is 8.90. The number of hydrogen-bond donors (Lipinski definition) is 2. The zero-order chi connectivity index (χ0) is 23.3. The maximum Gasteiger partial charge on any atom is 0.336 e. The number of esters is 1. The van der Waals surface area contributed by atoms with Crippen LogP contribution in [0.3, 0.4) is 0 Å². The van der Waals surface area contributed by atoms with Crippen LogP contribution < -0.4 is 10.6 Å². The van der Waals surface area contributed by atoms with E-state index in [0.29, 0.717) is 21.9 Å². The largest absolute Gasteiger partial charge is 0.463 e. The number of thiophene rings is 1. The molecule has 1 aliphatic heterocycles. The highest BCUT2D eigenvalue weighted by Gasteiger charge is 2.36. The number of ether oxygens (including phenoxy) is 1. The number of carbonyl (C=O) groups excluding carboxylic acids is 2. The molecule has 1 amide bonds. The van der Waals surface area contributed by atoms with E-state index in [1.165, 1.54) is 17.4 Å². The maximum atomic E-state index is 13.4. The molecule has 0 spiro atoms. The minimum absolute atomic E-state index is 0.0916. The molecule has 32 heavy (non-hydrogen) atoms. The van der Waals surface area contributed by atoms with Gasteiger partial charge in [-0.25, -0.2) is 13.6 Å². The molecule has 10 heteroatoms. The highest BCUT2D eigenvalue weighted by molar-refractivity contribution is 8.03. The van der Waals surface area contributed by atoms with Gasteiger partial charge in [-0.3, -0.25) is 4.79 Å². The van der Waals surface area contributed by atoms with Crippen molar-refractivity contribution in [2.24, 2.45) is 0 Å². The summed E-state index contributed by atoms with van der Waals surface area (Å²) >= 11 is 2.49. The Balaban J connectivity index is 1.83. The van der Waals surface area contributed by atoms with Crippen molar-refractivity contribution in [3.8, 4) is 6.07 Å². The molecule has 1 atom stereocenters. The Hall–Kier alpha value is -3.16. The number of benzene rings is 1. The summed E-state index contributed by atoms with van der Waals surface area (Å²) in [4.78, 5) is 25.8. The molecule has 166 valence electrons. The predicted octanol–water partition coefficient (Wildman–Crippen LogP) is 4.66. The van der Waals surface area contributed by atoms with Crippen LogP contribution in [-0.4, -0.2) is 24.2 Å². The lowest BCUT2D eigenvalue weighted by molar-refractivity contribution is -0.138. The summed E-state index contributed by atoms with van der Waals surface area (Å²) in [7, 11) is 0. The number of carbonyl (C=O) groups is 2. The fraction of sp³-hybridized carbons (Fsp3) is 0.227. The number of thioether (sulfide) groups is 1. The van der Waals surface area contributed by atoms with Crippen molar-refractivity contribution >= 4 is 40.7 Å². The van der Waals surface area contributed by atoms with Crippen LogP contribution in [0.15, 0.2) is 57.6 Å². The van der Waals surface area contributed by atoms with Crippen molar-refractivity contribution in [2.75, 3.05) is 17.7 Å². The Morgan fingerprint density at radius 1 is 1.31 bits per heavy atom. The Kier molecular flexibility index (Phi) is 7.66. The standard InChI is InChI=1S/C22H19F2N3O3S2/c1-3-30-22(29)19-12(2)26-21(14(10-25)20(19)17-5-4-8-31-17)32-11-18(28)27-13-6-7-15(23)16(24)9-13/h4-9,20,26H,3,11H2,1-2H3,(H,27,28)/t20-/m1/s1. The molecule has 1 aliphatic rings. The molecule has 1 aromatic heterocycles. The van der Waals surface area contributed by atoms with Crippen molar-refractivity contribution in [3.63, 3.8) is 0 Å². The van der Waals surface area contributed by atoms with Crippen LogP contribution in [-0.2, 0) is 14.3 Å². The summed E-state index contributed by atoms with van der Waals surface area (Å²) in [5.74, 6) is -3.75. The summed E-state index contributed by atoms with van der Waals surface area (Å²) in [5.41, 5.74) is 1.30. The number of amides is 1. The first-order valence-corrected chi connectivity index (χ1v) is 11.4. The van der Waals surface area contributed by atoms with Gasteiger partial charge in [0.05, 0.1) is 40.5 Å². The SMILES string of the molecule is CCOC(=O)C1=C(C)NC(SCC(=O)Nc2ccc(F)c(F)c2)=C(C#N)[C@@H]1c1cccs1. The monoisotopic (exact) mass is 475 g/mol. The van der Waals surface area contributed by atoms with Gasteiger partial charge in [0.1, 0.15) is 0 Å². The van der Waals surface area contributed by atoms with E-state index in [2.05, 4.69) is 16.7 Å². The lowest BCUT2D eigenvalue weighted by Crippen LogP contribution is -2.29. The molecule has 6 nitrogen and oxygen atoms in total. The smallest absolute Gasteiger partial charge is 0.336 e. The first-order chi connectivity index (χ1) is 15.3. The molecule has 0 radical (unpaired) electrons. The van der Waals surface area contributed by atoms with Gasteiger partial charge in [0.2, 0.25) is 5.91 Å². The van der Waals surface area contributed by atoms with Gasteiger partial charge in [-0.2, -0.15) is 5.26 Å². The van der Waals surface area contributed by atoms with E-state index in [-0.39, 0.29) is 18.0 Å². The molecular weight excluding hydrogens is 456 g/mol. The van der Waals surface area contributed by atoms with Crippen LogP contribution in [0.2, 0.25) is 0 Å². The topological polar surface area (TPSA) is 91.2 Å². The molecule has 3 rings (SSSR count).